The van der Waals surface area contributed by atoms with Gasteiger partial charge < -0.3 is 10.4 Å². The first-order valence-corrected chi connectivity index (χ1v) is 5.41. The zero-order valence-electron chi connectivity index (χ0n) is 9.75. The summed E-state index contributed by atoms with van der Waals surface area (Å²) in [5.74, 6) is 0. The van der Waals surface area contributed by atoms with Crippen LogP contribution in [-0.4, -0.2) is 17.8 Å². The zero-order chi connectivity index (χ0) is 13.8. The number of alkyl halides is 3. The molecule has 1 aromatic rings. The van der Waals surface area contributed by atoms with E-state index in [2.05, 4.69) is 5.32 Å². The number of aliphatic hydroxyl groups excluding tert-OH is 1. The van der Waals surface area contributed by atoms with Crippen LogP contribution in [0.15, 0.2) is 18.2 Å². The lowest BCUT2D eigenvalue weighted by atomic mass is 10.1. The maximum absolute atomic E-state index is 12.8. The van der Waals surface area contributed by atoms with Crippen molar-refractivity contribution in [3.8, 4) is 6.07 Å². The predicted molar refractivity (Wildman–Crippen MR) is 60.9 cm³/mol. The first-order valence-electron chi connectivity index (χ1n) is 5.41. The van der Waals surface area contributed by atoms with Gasteiger partial charge >= 0.3 is 6.18 Å². The number of anilines is 1. The molecule has 98 valence electrons. The number of hydrogen-bond acceptors (Lipinski definition) is 3. The van der Waals surface area contributed by atoms with Gasteiger partial charge in [-0.1, -0.05) is 6.92 Å². The Morgan fingerprint density at radius 2 is 2.11 bits per heavy atom. The lowest BCUT2D eigenvalue weighted by molar-refractivity contribution is -0.137. The van der Waals surface area contributed by atoms with Crippen molar-refractivity contribution in [1.82, 2.24) is 0 Å². The molecule has 0 heterocycles. The molecule has 3 nitrogen and oxygen atoms in total. The van der Waals surface area contributed by atoms with Crippen LogP contribution in [0.2, 0.25) is 0 Å². The first kappa shape index (κ1) is 14.3. The Morgan fingerprint density at radius 3 is 2.56 bits per heavy atom. The number of aliphatic hydroxyl groups is 1. The molecule has 1 rings (SSSR count). The second-order valence-corrected chi connectivity index (χ2v) is 3.80. The molecule has 0 saturated heterocycles. The Morgan fingerprint density at radius 1 is 1.44 bits per heavy atom. The molecule has 0 aliphatic heterocycles. The van der Waals surface area contributed by atoms with E-state index in [1.807, 2.05) is 0 Å². The van der Waals surface area contributed by atoms with Crippen molar-refractivity contribution in [3.05, 3.63) is 29.3 Å². The molecule has 18 heavy (non-hydrogen) atoms. The minimum Gasteiger partial charge on any atom is -0.394 e. The molecule has 0 saturated carbocycles. The third kappa shape index (κ3) is 3.37. The smallest absolute Gasteiger partial charge is 0.394 e. The highest BCUT2D eigenvalue weighted by molar-refractivity contribution is 5.57. The standard InChI is InChI=1S/C12H13F3N2O/c1-2-9(7-18)17-11-5-8(6-16)3-4-10(11)12(13,14)15/h3-5,9,17-18H,2,7H2,1H3/t9-/m1/s1. The van der Waals surface area contributed by atoms with Gasteiger partial charge in [0, 0.05) is 11.7 Å². The van der Waals surface area contributed by atoms with Crippen LogP contribution in [0.4, 0.5) is 18.9 Å². The Kier molecular flexibility index (Phi) is 4.56. The highest BCUT2D eigenvalue weighted by Gasteiger charge is 2.33. The first-order chi connectivity index (χ1) is 8.42. The minimum absolute atomic E-state index is 0.137. The third-order valence-electron chi connectivity index (χ3n) is 2.53. The van der Waals surface area contributed by atoms with Gasteiger partial charge in [-0.3, -0.25) is 0 Å². The van der Waals surface area contributed by atoms with Crippen molar-refractivity contribution in [2.45, 2.75) is 25.6 Å². The lowest BCUT2D eigenvalue weighted by Crippen LogP contribution is -2.24. The van der Waals surface area contributed by atoms with Crippen LogP contribution >= 0.6 is 0 Å². The van der Waals surface area contributed by atoms with Crippen LogP contribution in [0.3, 0.4) is 0 Å². The Balaban J connectivity index is 3.17. The number of halogens is 3. The van der Waals surface area contributed by atoms with Gasteiger partial charge in [-0.2, -0.15) is 18.4 Å². The number of hydrogen-bond donors (Lipinski definition) is 2. The Hall–Kier alpha value is -1.74. The molecule has 1 atom stereocenters. The van der Waals surface area contributed by atoms with Crippen molar-refractivity contribution in [1.29, 1.82) is 5.26 Å². The molecule has 0 aliphatic rings. The molecule has 0 aromatic heterocycles. The van der Waals surface area contributed by atoms with Gasteiger partial charge in [0.1, 0.15) is 0 Å². The maximum Gasteiger partial charge on any atom is 0.418 e. The molecule has 6 heteroatoms. The molecule has 0 spiro atoms. The van der Waals surface area contributed by atoms with Crippen molar-refractivity contribution in [3.63, 3.8) is 0 Å². The van der Waals surface area contributed by atoms with Gasteiger partial charge in [-0.15, -0.1) is 0 Å². The fourth-order valence-electron chi connectivity index (χ4n) is 1.48. The van der Waals surface area contributed by atoms with Gasteiger partial charge in [0.05, 0.1) is 23.8 Å². The van der Waals surface area contributed by atoms with Crippen LogP contribution in [0.5, 0.6) is 0 Å². The fraction of sp³-hybridized carbons (Fsp3) is 0.417. The zero-order valence-corrected chi connectivity index (χ0v) is 9.75. The molecule has 0 amide bonds. The van der Waals surface area contributed by atoms with Gasteiger partial charge in [0.15, 0.2) is 0 Å². The molecule has 0 aliphatic carbocycles. The van der Waals surface area contributed by atoms with Gasteiger partial charge in [0.25, 0.3) is 0 Å². The summed E-state index contributed by atoms with van der Waals surface area (Å²) in [4.78, 5) is 0. The second kappa shape index (κ2) is 5.74. The SMILES string of the molecule is CC[C@H](CO)Nc1cc(C#N)ccc1C(F)(F)F. The monoisotopic (exact) mass is 258 g/mol. The summed E-state index contributed by atoms with van der Waals surface area (Å²) in [6, 6.07) is 4.44. The van der Waals surface area contributed by atoms with E-state index in [1.54, 1.807) is 13.0 Å². The number of nitrogens with zero attached hydrogens (tertiary/aromatic N) is 1. The quantitative estimate of drug-likeness (QED) is 0.873. The normalized spacial score (nSPS) is 12.9. The van der Waals surface area contributed by atoms with Crippen molar-refractivity contribution >= 4 is 5.69 Å². The molecule has 1 aromatic carbocycles. The van der Waals surface area contributed by atoms with E-state index in [0.717, 1.165) is 18.2 Å². The summed E-state index contributed by atoms with van der Waals surface area (Å²) in [6.45, 7) is 1.47. The number of nitriles is 1. The fourth-order valence-corrected chi connectivity index (χ4v) is 1.48. The predicted octanol–water partition coefficient (Wildman–Crippen LogP) is 2.76. The number of nitrogens with one attached hydrogen (secondary N) is 1. The lowest BCUT2D eigenvalue weighted by Gasteiger charge is -2.19. The van der Waals surface area contributed by atoms with Crippen molar-refractivity contribution in [2.24, 2.45) is 0 Å². The van der Waals surface area contributed by atoms with Crippen LogP contribution in [0, 0.1) is 11.3 Å². The largest absolute Gasteiger partial charge is 0.418 e. The molecule has 0 unspecified atom stereocenters. The summed E-state index contributed by atoms with van der Waals surface area (Å²) >= 11 is 0. The summed E-state index contributed by atoms with van der Waals surface area (Å²) in [7, 11) is 0. The van der Waals surface area contributed by atoms with Crippen molar-refractivity contribution in [2.75, 3.05) is 11.9 Å². The highest BCUT2D eigenvalue weighted by atomic mass is 19.4. The maximum atomic E-state index is 12.8. The molecular weight excluding hydrogens is 245 g/mol. The van der Waals surface area contributed by atoms with Crippen LogP contribution in [-0.2, 0) is 6.18 Å². The molecule has 0 radical (unpaired) electrons. The van der Waals surface area contributed by atoms with E-state index in [4.69, 9.17) is 10.4 Å². The van der Waals surface area contributed by atoms with Gasteiger partial charge in [-0.25, -0.2) is 0 Å². The van der Waals surface area contributed by atoms with E-state index in [0.29, 0.717) is 6.42 Å². The Bertz CT molecular complexity index is 448. The van der Waals surface area contributed by atoms with E-state index in [9.17, 15) is 13.2 Å². The number of benzene rings is 1. The molecular formula is C12H13F3N2O. The summed E-state index contributed by atoms with van der Waals surface area (Å²) in [5.41, 5.74) is -0.880. The van der Waals surface area contributed by atoms with Crippen molar-refractivity contribution < 1.29 is 18.3 Å². The average molecular weight is 258 g/mol. The average Bonchev–Trinajstić information content (AvgIpc) is 2.34. The minimum atomic E-state index is -4.50. The summed E-state index contributed by atoms with van der Waals surface area (Å²) in [5, 5.41) is 20.3. The van der Waals surface area contributed by atoms with Crippen LogP contribution in [0.1, 0.15) is 24.5 Å². The molecule has 2 N–H and O–H groups in total. The van der Waals surface area contributed by atoms with E-state index in [-0.39, 0.29) is 17.9 Å². The topological polar surface area (TPSA) is 56.0 Å². The third-order valence-corrected chi connectivity index (χ3v) is 2.53. The molecule has 0 bridgehead atoms. The van der Waals surface area contributed by atoms with Gasteiger partial charge in [-0.05, 0) is 24.6 Å². The number of rotatable bonds is 4. The Labute approximate surface area is 103 Å². The van der Waals surface area contributed by atoms with Crippen LogP contribution < -0.4 is 5.32 Å². The van der Waals surface area contributed by atoms with E-state index < -0.39 is 17.8 Å². The summed E-state index contributed by atoms with van der Waals surface area (Å²) in [6.07, 6.45) is -4.02. The summed E-state index contributed by atoms with van der Waals surface area (Å²) < 4.78 is 38.3. The highest BCUT2D eigenvalue weighted by Crippen LogP contribution is 2.35. The molecule has 0 fully saturated rings. The van der Waals surface area contributed by atoms with Crippen LogP contribution in [0.25, 0.3) is 0 Å². The second-order valence-electron chi connectivity index (χ2n) is 3.80. The van der Waals surface area contributed by atoms with E-state index >= 15 is 0 Å². The van der Waals surface area contributed by atoms with E-state index in [1.165, 1.54) is 0 Å². The van der Waals surface area contributed by atoms with Gasteiger partial charge in [0.2, 0.25) is 0 Å².